The third-order valence-electron chi connectivity index (χ3n) is 5.75. The zero-order valence-electron chi connectivity index (χ0n) is 20.4. The molecule has 0 bridgehead atoms. The van der Waals surface area contributed by atoms with Crippen LogP contribution in [-0.4, -0.2) is 26.7 Å². The van der Waals surface area contributed by atoms with Gasteiger partial charge in [-0.2, -0.15) is 0 Å². The molecule has 3 aromatic carbocycles. The average molecular weight is 472 g/mol. The molecule has 35 heavy (non-hydrogen) atoms. The van der Waals surface area contributed by atoms with Crippen LogP contribution >= 0.6 is 0 Å². The van der Waals surface area contributed by atoms with Crippen molar-refractivity contribution in [3.05, 3.63) is 84.1 Å². The highest BCUT2D eigenvalue weighted by Crippen LogP contribution is 2.40. The molecule has 0 aliphatic rings. The van der Waals surface area contributed by atoms with Crippen molar-refractivity contribution < 1.29 is 23.4 Å². The second-order valence-electron chi connectivity index (χ2n) is 8.02. The molecule has 1 N–H and O–H groups in total. The molecule has 0 unspecified atom stereocenters. The van der Waals surface area contributed by atoms with Crippen molar-refractivity contribution in [2.24, 2.45) is 0 Å². The highest BCUT2D eigenvalue weighted by molar-refractivity contribution is 6.01. The molecule has 0 fully saturated rings. The van der Waals surface area contributed by atoms with Gasteiger partial charge in [0.25, 0.3) is 0 Å². The number of hydrogen-bond donors (Lipinski definition) is 1. The first kappa shape index (κ1) is 24.0. The number of allylic oxidation sites excluding steroid dienone is 1. The zero-order valence-corrected chi connectivity index (χ0v) is 20.4. The van der Waals surface area contributed by atoms with Gasteiger partial charge in [-0.15, -0.1) is 0 Å². The summed E-state index contributed by atoms with van der Waals surface area (Å²) in [6, 6.07) is 19.3. The smallest absolute Gasteiger partial charge is 0.244 e. The molecule has 0 aliphatic carbocycles. The number of benzene rings is 3. The second kappa shape index (κ2) is 10.8. The van der Waals surface area contributed by atoms with Crippen molar-refractivity contribution in [3.63, 3.8) is 0 Å². The van der Waals surface area contributed by atoms with Gasteiger partial charge >= 0.3 is 0 Å². The fourth-order valence-corrected chi connectivity index (χ4v) is 4.01. The molecule has 0 aliphatic heterocycles. The van der Waals surface area contributed by atoms with Gasteiger partial charge in [0.15, 0.2) is 0 Å². The summed E-state index contributed by atoms with van der Waals surface area (Å²) < 4.78 is 22.6. The number of nitrogens with one attached hydrogen (secondary N) is 1. The van der Waals surface area contributed by atoms with E-state index in [-0.39, 0.29) is 5.91 Å². The van der Waals surface area contributed by atoms with E-state index in [1.54, 1.807) is 26.6 Å². The third-order valence-corrected chi connectivity index (χ3v) is 5.75. The zero-order chi connectivity index (χ0) is 24.8. The van der Waals surface area contributed by atoms with Gasteiger partial charge in [-0.25, -0.2) is 0 Å². The largest absolute Gasteiger partial charge is 0.497 e. The van der Waals surface area contributed by atoms with Gasteiger partial charge in [0.2, 0.25) is 5.91 Å². The molecule has 1 aromatic heterocycles. The molecule has 6 heteroatoms. The second-order valence-corrected chi connectivity index (χ2v) is 8.02. The van der Waals surface area contributed by atoms with Crippen molar-refractivity contribution in [2.75, 3.05) is 20.8 Å². The van der Waals surface area contributed by atoms with Crippen LogP contribution in [0.4, 0.5) is 0 Å². The summed E-state index contributed by atoms with van der Waals surface area (Å²) in [5.41, 5.74) is 5.12. The molecular weight excluding hydrogens is 442 g/mol. The standard InChI is InChI=1S/C29H29NO5/c1-5-34-27-16-28-24(25(18-35-28)22-11-6-7-12-26(22)33-4)15-23(27)19(2)13-29(31)30-17-20-9-8-10-21(14-20)32-3/h6-16,18H,5,17H2,1-4H3,(H,30,31)/b19-13+. The van der Waals surface area contributed by atoms with Crippen LogP contribution in [0.2, 0.25) is 0 Å². The maximum Gasteiger partial charge on any atom is 0.244 e. The topological polar surface area (TPSA) is 69.9 Å². The Hall–Kier alpha value is -4.19. The average Bonchev–Trinajstić information content (AvgIpc) is 3.29. The SMILES string of the molecule is CCOc1cc2occ(-c3ccccc3OC)c2cc1/C(C)=C/C(=O)NCc1cccc(OC)c1. The summed E-state index contributed by atoms with van der Waals surface area (Å²) in [5.74, 6) is 1.99. The first-order valence-corrected chi connectivity index (χ1v) is 11.4. The van der Waals surface area contributed by atoms with Crippen molar-refractivity contribution >= 4 is 22.4 Å². The molecule has 0 spiro atoms. The molecule has 0 atom stereocenters. The van der Waals surface area contributed by atoms with Crippen molar-refractivity contribution in [3.8, 4) is 28.4 Å². The normalized spacial score (nSPS) is 11.4. The van der Waals surface area contributed by atoms with Gasteiger partial charge in [-0.1, -0.05) is 30.3 Å². The van der Waals surface area contributed by atoms with Crippen LogP contribution < -0.4 is 19.5 Å². The molecule has 0 saturated carbocycles. The first-order chi connectivity index (χ1) is 17.0. The van der Waals surface area contributed by atoms with E-state index in [2.05, 4.69) is 5.32 Å². The Kier molecular flexibility index (Phi) is 7.41. The lowest BCUT2D eigenvalue weighted by Crippen LogP contribution is -2.20. The molecule has 0 radical (unpaired) electrons. The molecule has 4 aromatic rings. The van der Waals surface area contributed by atoms with E-state index in [1.165, 1.54) is 0 Å². The van der Waals surface area contributed by atoms with Gasteiger partial charge in [-0.05, 0) is 49.2 Å². The van der Waals surface area contributed by atoms with E-state index in [0.717, 1.165) is 44.7 Å². The minimum atomic E-state index is -0.190. The van der Waals surface area contributed by atoms with Crippen molar-refractivity contribution in [1.29, 1.82) is 0 Å². The van der Waals surface area contributed by atoms with E-state index in [1.807, 2.05) is 74.5 Å². The lowest BCUT2D eigenvalue weighted by molar-refractivity contribution is -0.116. The van der Waals surface area contributed by atoms with E-state index in [4.69, 9.17) is 18.6 Å². The lowest BCUT2D eigenvalue weighted by Gasteiger charge is -2.12. The number of fused-ring (bicyclic) bond motifs is 1. The van der Waals surface area contributed by atoms with Gasteiger partial charge < -0.3 is 23.9 Å². The fraction of sp³-hybridized carbons (Fsp3) is 0.207. The van der Waals surface area contributed by atoms with Crippen molar-refractivity contribution in [1.82, 2.24) is 5.32 Å². The molecule has 0 saturated heterocycles. The van der Waals surface area contributed by atoms with Crippen molar-refractivity contribution in [2.45, 2.75) is 20.4 Å². The Morgan fingerprint density at radius 2 is 1.80 bits per heavy atom. The predicted octanol–water partition coefficient (Wildman–Crippen LogP) is 6.24. The summed E-state index contributed by atoms with van der Waals surface area (Å²) >= 11 is 0. The number of amides is 1. The van der Waals surface area contributed by atoms with Crippen LogP contribution in [0.25, 0.3) is 27.7 Å². The van der Waals surface area contributed by atoms with E-state index in [9.17, 15) is 4.79 Å². The van der Waals surface area contributed by atoms with Crippen LogP contribution in [0.3, 0.4) is 0 Å². The Bertz CT molecular complexity index is 1370. The van der Waals surface area contributed by atoms with Crippen LogP contribution in [0.15, 0.2) is 77.4 Å². The number of hydrogen-bond acceptors (Lipinski definition) is 5. The number of methoxy groups -OCH3 is 2. The molecule has 6 nitrogen and oxygen atoms in total. The fourth-order valence-electron chi connectivity index (χ4n) is 4.01. The predicted molar refractivity (Wildman–Crippen MR) is 138 cm³/mol. The monoisotopic (exact) mass is 471 g/mol. The van der Waals surface area contributed by atoms with E-state index in [0.29, 0.717) is 24.5 Å². The summed E-state index contributed by atoms with van der Waals surface area (Å²) in [5, 5.41) is 3.85. The van der Waals surface area contributed by atoms with E-state index >= 15 is 0 Å². The maximum absolute atomic E-state index is 12.7. The molecular formula is C29H29NO5. The summed E-state index contributed by atoms with van der Waals surface area (Å²) in [7, 11) is 3.27. The van der Waals surface area contributed by atoms with E-state index < -0.39 is 0 Å². The number of rotatable bonds is 9. The van der Waals surface area contributed by atoms with Crippen LogP contribution in [0.1, 0.15) is 25.0 Å². The maximum atomic E-state index is 12.7. The minimum absolute atomic E-state index is 0.190. The molecule has 180 valence electrons. The van der Waals surface area contributed by atoms with Crippen LogP contribution in [0.5, 0.6) is 17.2 Å². The number of ether oxygens (including phenoxy) is 3. The molecule has 1 heterocycles. The quantitative estimate of drug-likeness (QED) is 0.293. The Labute approximate surface area is 205 Å². The lowest BCUT2D eigenvalue weighted by atomic mass is 9.98. The number of carbonyl (C=O) groups is 1. The van der Waals surface area contributed by atoms with Gasteiger partial charge in [-0.3, -0.25) is 4.79 Å². The third kappa shape index (κ3) is 5.32. The summed E-state index contributed by atoms with van der Waals surface area (Å²) in [6.45, 7) is 4.72. The van der Waals surface area contributed by atoms with Crippen LogP contribution in [-0.2, 0) is 11.3 Å². The molecule has 1 amide bonds. The first-order valence-electron chi connectivity index (χ1n) is 11.4. The van der Waals surface area contributed by atoms with Crippen LogP contribution in [0, 0.1) is 0 Å². The number of para-hydroxylation sites is 1. The number of furan rings is 1. The highest BCUT2D eigenvalue weighted by Gasteiger charge is 2.17. The Morgan fingerprint density at radius 1 is 0.971 bits per heavy atom. The minimum Gasteiger partial charge on any atom is -0.497 e. The molecule has 4 rings (SSSR count). The van der Waals surface area contributed by atoms with Gasteiger partial charge in [0.1, 0.15) is 22.8 Å². The van der Waals surface area contributed by atoms with Gasteiger partial charge in [0.05, 0.1) is 27.1 Å². The Balaban J connectivity index is 1.66. The summed E-state index contributed by atoms with van der Waals surface area (Å²) in [6.07, 6.45) is 3.31. The highest BCUT2D eigenvalue weighted by atomic mass is 16.5. The number of carbonyl (C=O) groups excluding carboxylic acids is 1. The Morgan fingerprint density at radius 3 is 2.57 bits per heavy atom. The summed E-state index contributed by atoms with van der Waals surface area (Å²) in [4.78, 5) is 12.7. The van der Waals surface area contributed by atoms with Gasteiger partial charge in [0, 0.05) is 40.8 Å².